The minimum absolute atomic E-state index is 0. The monoisotopic (exact) mass is 885 g/mol. The summed E-state index contributed by atoms with van der Waals surface area (Å²) in [7, 11) is -1.36. The number of benzene rings is 5. The average molecular weight is 885 g/mol. The van der Waals surface area contributed by atoms with Crippen molar-refractivity contribution in [2.75, 3.05) is 0 Å². The number of aromatic nitrogens is 2. The molecule has 0 spiro atoms. The molecule has 53 heavy (non-hydrogen) atoms. The van der Waals surface area contributed by atoms with Crippen molar-refractivity contribution in [3.8, 4) is 33.6 Å². The van der Waals surface area contributed by atoms with Crippen LogP contribution in [0.5, 0.6) is 0 Å². The molecular formula is C48H44IrN2OSi-2. The summed E-state index contributed by atoms with van der Waals surface area (Å²) < 4.78 is 6.34. The van der Waals surface area contributed by atoms with Crippen molar-refractivity contribution >= 4 is 46.0 Å². The van der Waals surface area contributed by atoms with Gasteiger partial charge >= 0.3 is 0 Å². The fourth-order valence-corrected chi connectivity index (χ4v) is 9.36. The Kier molecular flexibility index (Phi) is 11.2. The molecule has 3 aromatic heterocycles. The van der Waals surface area contributed by atoms with Crippen LogP contribution >= 0.6 is 0 Å². The van der Waals surface area contributed by atoms with Gasteiger partial charge in [-0.15, -0.1) is 48.0 Å². The summed E-state index contributed by atoms with van der Waals surface area (Å²) in [5.74, 6) is 0.869. The normalized spacial score (nSPS) is 13.4. The van der Waals surface area contributed by atoms with Gasteiger partial charge in [0.1, 0.15) is 5.58 Å². The Bertz CT molecular complexity index is 2460. The first kappa shape index (κ1) is 36.7. The first-order chi connectivity index (χ1) is 25.4. The van der Waals surface area contributed by atoms with Gasteiger partial charge in [-0.25, -0.2) is 0 Å². The summed E-state index contributed by atoms with van der Waals surface area (Å²) in [5, 5.41) is 6.04. The van der Waals surface area contributed by atoms with E-state index in [0.29, 0.717) is 0 Å². The van der Waals surface area contributed by atoms with E-state index in [1.807, 2.05) is 48.7 Å². The van der Waals surface area contributed by atoms with Crippen LogP contribution in [0, 0.1) is 18.1 Å². The molecule has 1 aliphatic rings. The Morgan fingerprint density at radius 3 is 2.21 bits per heavy atom. The molecule has 0 atom stereocenters. The van der Waals surface area contributed by atoms with Crippen LogP contribution in [0.3, 0.4) is 0 Å². The van der Waals surface area contributed by atoms with Gasteiger partial charge in [-0.3, -0.25) is 0 Å². The van der Waals surface area contributed by atoms with Crippen LogP contribution in [0.2, 0.25) is 19.6 Å². The molecule has 0 saturated heterocycles. The predicted molar refractivity (Wildman–Crippen MR) is 220 cm³/mol. The second-order valence-electron chi connectivity index (χ2n) is 15.1. The van der Waals surface area contributed by atoms with Gasteiger partial charge in [0.2, 0.25) is 0 Å². The van der Waals surface area contributed by atoms with Crippen LogP contribution in [-0.2, 0) is 26.5 Å². The molecule has 8 aromatic rings. The van der Waals surface area contributed by atoms with E-state index in [2.05, 4.69) is 117 Å². The molecule has 0 N–H and O–H groups in total. The van der Waals surface area contributed by atoms with E-state index in [4.69, 9.17) is 14.4 Å². The average Bonchev–Trinajstić information content (AvgIpc) is 3.58. The zero-order chi connectivity index (χ0) is 35.5. The maximum absolute atomic E-state index is 6.34. The predicted octanol–water partition coefficient (Wildman–Crippen LogP) is 12.5. The molecular weight excluding hydrogens is 841 g/mol. The standard InChI is InChI=1S/C27H16NO.C21H28NSi.Ir/c1-2-8-18(9-3-1)21-14-15-22(24-16-19-10-4-5-11-20(19)17-28-24)27-26(21)23-12-6-7-13-25(23)29-27;1-23(2,3)21-16-22-20(18-12-8-5-9-13-18)15-19(21)14-17-10-6-4-7-11-17;/h1-14,16-17H;5,8-9,12,15-17H,4,6-7,10-11,14H2,1-3H3;/q2*-1;. The molecule has 267 valence electrons. The third-order valence-electron chi connectivity index (χ3n) is 10.4. The zero-order valence-corrected chi connectivity index (χ0v) is 34.1. The van der Waals surface area contributed by atoms with Crippen molar-refractivity contribution in [1.29, 1.82) is 0 Å². The van der Waals surface area contributed by atoms with Crippen molar-refractivity contribution in [2.24, 2.45) is 5.92 Å². The third-order valence-corrected chi connectivity index (χ3v) is 12.5. The van der Waals surface area contributed by atoms with Crippen LogP contribution in [0.1, 0.15) is 37.7 Å². The fraction of sp³-hybridized carbons (Fsp3) is 0.208. The molecule has 1 saturated carbocycles. The number of fused-ring (bicyclic) bond motifs is 4. The van der Waals surface area contributed by atoms with Gasteiger partial charge in [0.25, 0.3) is 0 Å². The Labute approximate surface area is 327 Å². The quantitative estimate of drug-likeness (QED) is 0.123. The zero-order valence-electron chi connectivity index (χ0n) is 30.7. The third kappa shape index (κ3) is 7.99. The molecule has 0 unspecified atom stereocenters. The van der Waals surface area contributed by atoms with Crippen LogP contribution < -0.4 is 5.19 Å². The minimum atomic E-state index is -1.36. The first-order valence-corrected chi connectivity index (χ1v) is 22.2. The van der Waals surface area contributed by atoms with Gasteiger partial charge in [0, 0.05) is 37.9 Å². The van der Waals surface area contributed by atoms with Crippen LogP contribution in [0.4, 0.5) is 0 Å². The molecule has 0 aliphatic heterocycles. The van der Waals surface area contributed by atoms with Gasteiger partial charge in [0.15, 0.2) is 0 Å². The second kappa shape index (κ2) is 16.1. The molecule has 0 bridgehead atoms. The van der Waals surface area contributed by atoms with E-state index in [0.717, 1.165) is 72.3 Å². The van der Waals surface area contributed by atoms with Gasteiger partial charge in [-0.05, 0) is 51.1 Å². The Balaban J connectivity index is 0.000000166. The van der Waals surface area contributed by atoms with E-state index < -0.39 is 8.07 Å². The van der Waals surface area contributed by atoms with Gasteiger partial charge in [-0.1, -0.05) is 159 Å². The number of rotatable bonds is 6. The molecule has 1 aliphatic carbocycles. The van der Waals surface area contributed by atoms with Gasteiger partial charge in [0.05, 0.1) is 13.7 Å². The van der Waals surface area contributed by atoms with Gasteiger partial charge < -0.3 is 14.4 Å². The number of pyridine rings is 2. The minimum Gasteiger partial charge on any atom is -0.501 e. The van der Waals surface area contributed by atoms with E-state index in [1.54, 1.807) is 10.8 Å². The molecule has 0 amide bonds. The number of hydrogen-bond acceptors (Lipinski definition) is 3. The number of furan rings is 1. The maximum atomic E-state index is 6.34. The smallest absolute Gasteiger partial charge is 0.120 e. The number of para-hydroxylation sites is 1. The number of nitrogens with zero attached hydrogens (tertiary/aromatic N) is 2. The molecule has 9 rings (SSSR count). The van der Waals surface area contributed by atoms with Crippen LogP contribution in [-0.4, -0.2) is 18.0 Å². The molecule has 1 fully saturated rings. The van der Waals surface area contributed by atoms with Crippen molar-refractivity contribution in [3.05, 3.63) is 151 Å². The van der Waals surface area contributed by atoms with Crippen molar-refractivity contribution in [3.63, 3.8) is 0 Å². The Hall–Kier alpha value is -4.67. The summed E-state index contributed by atoms with van der Waals surface area (Å²) in [4.78, 5) is 9.48. The Morgan fingerprint density at radius 2 is 1.43 bits per heavy atom. The van der Waals surface area contributed by atoms with E-state index in [-0.39, 0.29) is 20.1 Å². The molecule has 5 aromatic carbocycles. The van der Waals surface area contributed by atoms with Crippen molar-refractivity contribution in [2.45, 2.75) is 58.2 Å². The SMILES string of the molecule is C[Si](C)(C)c1cnc(-c2[c-]cccc2)cc1CC1CCCCC1.[Ir].[c-]1cc(-c2ccccc2)c2c(oc3ccccc32)c1-c1cc2ccccc2cn1. The van der Waals surface area contributed by atoms with Crippen molar-refractivity contribution < 1.29 is 24.5 Å². The van der Waals surface area contributed by atoms with E-state index >= 15 is 0 Å². The van der Waals surface area contributed by atoms with Crippen LogP contribution in [0.25, 0.3) is 66.4 Å². The van der Waals surface area contributed by atoms with Crippen LogP contribution in [0.15, 0.2) is 138 Å². The molecule has 3 nitrogen and oxygen atoms in total. The summed E-state index contributed by atoms with van der Waals surface area (Å²) in [6.45, 7) is 7.30. The summed E-state index contributed by atoms with van der Waals surface area (Å²) in [6, 6.07) is 48.3. The maximum Gasteiger partial charge on any atom is 0.120 e. The molecule has 3 heterocycles. The summed E-state index contributed by atoms with van der Waals surface area (Å²) >= 11 is 0. The fourth-order valence-electron chi connectivity index (χ4n) is 7.77. The van der Waals surface area contributed by atoms with Gasteiger partial charge in [-0.2, -0.15) is 0 Å². The summed E-state index contributed by atoms with van der Waals surface area (Å²) in [5.41, 5.74) is 9.48. The van der Waals surface area contributed by atoms with Crippen molar-refractivity contribution in [1.82, 2.24) is 9.97 Å². The van der Waals surface area contributed by atoms with E-state index in [9.17, 15) is 0 Å². The largest absolute Gasteiger partial charge is 0.501 e. The Morgan fingerprint density at radius 1 is 0.717 bits per heavy atom. The molecule has 1 radical (unpaired) electrons. The van der Waals surface area contributed by atoms with E-state index in [1.165, 1.54) is 38.5 Å². The molecule has 5 heteroatoms. The summed E-state index contributed by atoms with van der Waals surface area (Å²) in [6.07, 6.45) is 12.4. The first-order valence-electron chi connectivity index (χ1n) is 18.7. The number of hydrogen-bond donors (Lipinski definition) is 0. The topological polar surface area (TPSA) is 38.9 Å². The second-order valence-corrected chi connectivity index (χ2v) is 20.2.